The molecule has 1 aliphatic rings. The van der Waals surface area contributed by atoms with Gasteiger partial charge < -0.3 is 14.7 Å². The monoisotopic (exact) mass is 584 g/mol. The van der Waals surface area contributed by atoms with Gasteiger partial charge >= 0.3 is 5.97 Å². The van der Waals surface area contributed by atoms with Gasteiger partial charge in [0.2, 0.25) is 0 Å². The van der Waals surface area contributed by atoms with Gasteiger partial charge in [0.05, 0.1) is 16.8 Å². The quantitative estimate of drug-likeness (QED) is 0.188. The zero-order chi connectivity index (χ0) is 28.3. The third-order valence-corrected chi connectivity index (χ3v) is 9.13. The number of aryl methyl sites for hydroxylation is 2. The fourth-order valence-corrected chi connectivity index (χ4v) is 6.97. The van der Waals surface area contributed by atoms with E-state index in [0.29, 0.717) is 48.4 Å². The number of aromatic carboxylic acids is 1. The number of rotatable bonds is 9. The van der Waals surface area contributed by atoms with Crippen LogP contribution in [0.1, 0.15) is 48.8 Å². The van der Waals surface area contributed by atoms with E-state index in [0.717, 1.165) is 44.0 Å². The number of nitrogens with one attached hydrogen (secondary N) is 1. The molecule has 0 unspecified atom stereocenters. The van der Waals surface area contributed by atoms with E-state index in [1.54, 1.807) is 0 Å². The van der Waals surface area contributed by atoms with Crippen molar-refractivity contribution in [2.75, 3.05) is 23.4 Å². The van der Waals surface area contributed by atoms with E-state index in [4.69, 9.17) is 4.74 Å². The highest BCUT2D eigenvalue weighted by Gasteiger charge is 2.26. The van der Waals surface area contributed by atoms with Crippen LogP contribution < -0.4 is 15.0 Å². The Labute approximate surface area is 245 Å². The highest BCUT2D eigenvalue weighted by molar-refractivity contribution is 7.22. The smallest absolute Gasteiger partial charge is 0.355 e. The summed E-state index contributed by atoms with van der Waals surface area (Å²) in [6.07, 6.45) is 1.97. The molecule has 0 spiro atoms. The maximum absolute atomic E-state index is 13.4. The molecule has 208 valence electrons. The number of carbonyl (C=O) groups is 2. The number of aromatic nitrogens is 2. The van der Waals surface area contributed by atoms with Gasteiger partial charge in [-0.1, -0.05) is 47.7 Å². The Balaban J connectivity index is 1.16. The van der Waals surface area contributed by atoms with E-state index in [1.165, 1.54) is 22.7 Å². The molecule has 5 aromatic rings. The first-order chi connectivity index (χ1) is 19.9. The van der Waals surface area contributed by atoms with Crippen LogP contribution in [0.3, 0.4) is 0 Å². The van der Waals surface area contributed by atoms with Crippen molar-refractivity contribution in [2.45, 2.75) is 32.7 Å². The van der Waals surface area contributed by atoms with Gasteiger partial charge in [0.15, 0.2) is 16.0 Å². The summed E-state index contributed by atoms with van der Waals surface area (Å²) in [6, 6.07) is 21.4. The molecular formula is C31H28N4O4S2. The number of carbonyl (C=O) groups excluding carboxylic acids is 1. The summed E-state index contributed by atoms with van der Waals surface area (Å²) in [5.41, 5.74) is 4.70. The average Bonchev–Trinajstić information content (AvgIpc) is 3.59. The predicted molar refractivity (Wildman–Crippen MR) is 163 cm³/mol. The lowest BCUT2D eigenvalue weighted by molar-refractivity contribution is 0.0690. The number of ether oxygens (including phenoxy) is 1. The van der Waals surface area contributed by atoms with E-state index in [2.05, 4.69) is 20.2 Å². The van der Waals surface area contributed by atoms with E-state index in [-0.39, 0.29) is 11.6 Å². The number of carboxylic acid groups (broad SMARTS) is 1. The number of para-hydroxylation sites is 1. The summed E-state index contributed by atoms with van der Waals surface area (Å²) in [5, 5.41) is 14.0. The van der Waals surface area contributed by atoms with Crippen molar-refractivity contribution in [1.82, 2.24) is 9.97 Å². The fourth-order valence-electron chi connectivity index (χ4n) is 4.99. The van der Waals surface area contributed by atoms with Gasteiger partial charge in [0.1, 0.15) is 5.75 Å². The standard InChI is InChI=1S/C31H28N4O4S2/c1-19-7-4-9-21(17-19)39-16-6-13-26-27(29(37)38)33-31(41-26)35-15-14-20-8-5-10-22(23(20)18-35)28(36)34-30-32-24-11-2-3-12-25(24)40-30/h2-5,7-12,17H,6,13-16,18H2,1H3,(H,37,38)(H,32,34,36). The molecule has 10 heteroatoms. The molecule has 1 amide bonds. The van der Waals surface area contributed by atoms with Crippen molar-refractivity contribution >= 4 is 55.0 Å². The number of thiazole rings is 2. The summed E-state index contributed by atoms with van der Waals surface area (Å²) in [6.45, 7) is 3.67. The molecule has 0 bridgehead atoms. The minimum atomic E-state index is -1.03. The molecule has 0 atom stereocenters. The van der Waals surface area contributed by atoms with Crippen LogP contribution in [0.5, 0.6) is 5.75 Å². The number of nitrogens with zero attached hydrogens (tertiary/aromatic N) is 3. The molecular weight excluding hydrogens is 556 g/mol. The number of carboxylic acids is 1. The molecule has 0 saturated carbocycles. The van der Waals surface area contributed by atoms with Crippen LogP contribution in [0.25, 0.3) is 10.2 Å². The van der Waals surface area contributed by atoms with Crippen LogP contribution in [-0.4, -0.2) is 40.1 Å². The number of anilines is 2. The topological polar surface area (TPSA) is 105 Å². The molecule has 2 N–H and O–H groups in total. The summed E-state index contributed by atoms with van der Waals surface area (Å²) >= 11 is 2.85. The molecule has 41 heavy (non-hydrogen) atoms. The molecule has 3 aromatic carbocycles. The second kappa shape index (κ2) is 11.7. The van der Waals surface area contributed by atoms with Crippen molar-refractivity contribution in [1.29, 1.82) is 0 Å². The molecule has 0 radical (unpaired) electrons. The largest absolute Gasteiger partial charge is 0.494 e. The lowest BCUT2D eigenvalue weighted by Crippen LogP contribution is -2.32. The first kappa shape index (κ1) is 26.9. The molecule has 6 rings (SSSR count). The summed E-state index contributed by atoms with van der Waals surface area (Å²) in [4.78, 5) is 37.2. The van der Waals surface area contributed by atoms with Crippen LogP contribution in [0.4, 0.5) is 10.3 Å². The molecule has 3 heterocycles. The first-order valence-corrected chi connectivity index (χ1v) is 15.0. The van der Waals surface area contributed by atoms with Crippen molar-refractivity contribution in [3.63, 3.8) is 0 Å². The zero-order valence-electron chi connectivity index (χ0n) is 22.4. The minimum Gasteiger partial charge on any atom is -0.494 e. The number of benzene rings is 3. The Morgan fingerprint density at radius 1 is 1.05 bits per heavy atom. The minimum absolute atomic E-state index is 0.0909. The Morgan fingerprint density at radius 3 is 2.73 bits per heavy atom. The van der Waals surface area contributed by atoms with Crippen LogP contribution >= 0.6 is 22.7 Å². The van der Waals surface area contributed by atoms with Gasteiger partial charge in [-0.25, -0.2) is 14.8 Å². The van der Waals surface area contributed by atoms with E-state index < -0.39 is 5.97 Å². The van der Waals surface area contributed by atoms with E-state index in [1.807, 2.05) is 73.7 Å². The summed E-state index contributed by atoms with van der Waals surface area (Å²) in [7, 11) is 0. The third-order valence-electron chi connectivity index (χ3n) is 7.00. The number of fused-ring (bicyclic) bond motifs is 2. The highest BCUT2D eigenvalue weighted by Crippen LogP contribution is 2.33. The van der Waals surface area contributed by atoms with E-state index in [9.17, 15) is 14.7 Å². The predicted octanol–water partition coefficient (Wildman–Crippen LogP) is 6.59. The van der Waals surface area contributed by atoms with E-state index >= 15 is 0 Å². The van der Waals surface area contributed by atoms with Gasteiger partial charge in [-0.05, 0) is 73.2 Å². The SMILES string of the molecule is Cc1cccc(OCCCc2sc(N3CCc4cccc(C(=O)Nc5nc6ccccc6s5)c4C3)nc2C(=O)O)c1. The molecule has 0 saturated heterocycles. The fraction of sp³-hybridized carbons (Fsp3) is 0.226. The number of hydrogen-bond acceptors (Lipinski definition) is 8. The molecule has 2 aromatic heterocycles. The van der Waals surface area contributed by atoms with Gasteiger partial charge in [-0.2, -0.15) is 0 Å². The maximum Gasteiger partial charge on any atom is 0.355 e. The van der Waals surface area contributed by atoms with Gasteiger partial charge in [-0.3, -0.25) is 10.1 Å². The number of amides is 1. The molecule has 0 fully saturated rings. The Morgan fingerprint density at radius 2 is 1.90 bits per heavy atom. The average molecular weight is 585 g/mol. The lowest BCUT2D eigenvalue weighted by Gasteiger charge is -2.29. The second-order valence-corrected chi connectivity index (χ2v) is 12.0. The molecule has 0 aliphatic carbocycles. The Bertz CT molecular complexity index is 1710. The Kier molecular flexibility index (Phi) is 7.67. The van der Waals surface area contributed by atoms with Crippen molar-refractivity contribution in [2.24, 2.45) is 0 Å². The highest BCUT2D eigenvalue weighted by atomic mass is 32.1. The van der Waals surface area contributed by atoms with Crippen molar-refractivity contribution < 1.29 is 19.4 Å². The van der Waals surface area contributed by atoms with Gasteiger partial charge in [0.25, 0.3) is 5.91 Å². The second-order valence-electron chi connectivity index (χ2n) is 9.90. The lowest BCUT2D eigenvalue weighted by atomic mass is 9.94. The van der Waals surface area contributed by atoms with Crippen LogP contribution in [0, 0.1) is 6.92 Å². The summed E-state index contributed by atoms with van der Waals surface area (Å²) < 4.78 is 6.86. The van der Waals surface area contributed by atoms with Crippen molar-refractivity contribution in [3.8, 4) is 5.75 Å². The van der Waals surface area contributed by atoms with Crippen LogP contribution in [0.15, 0.2) is 66.7 Å². The first-order valence-electron chi connectivity index (χ1n) is 13.4. The van der Waals surface area contributed by atoms with Gasteiger partial charge in [-0.15, -0.1) is 11.3 Å². The number of hydrogen-bond donors (Lipinski definition) is 2. The van der Waals surface area contributed by atoms with Crippen molar-refractivity contribution in [3.05, 3.63) is 99.6 Å². The molecule has 8 nitrogen and oxygen atoms in total. The molecule has 1 aliphatic heterocycles. The van der Waals surface area contributed by atoms with Gasteiger partial charge in [0, 0.05) is 23.5 Å². The summed E-state index contributed by atoms with van der Waals surface area (Å²) in [5.74, 6) is -0.429. The third kappa shape index (κ3) is 5.94. The zero-order valence-corrected chi connectivity index (χ0v) is 24.1. The van der Waals surface area contributed by atoms with Crippen LogP contribution in [-0.2, 0) is 19.4 Å². The maximum atomic E-state index is 13.4. The van der Waals surface area contributed by atoms with Crippen LogP contribution in [0.2, 0.25) is 0 Å². The Hall–Kier alpha value is -4.28. The normalized spacial score (nSPS) is 12.8.